The van der Waals surface area contributed by atoms with E-state index in [0.29, 0.717) is 6.21 Å². The van der Waals surface area contributed by atoms with Gasteiger partial charge in [-0.2, -0.15) is 13.2 Å². The molecule has 0 saturated carbocycles. The molecule has 1 amide bonds. The summed E-state index contributed by atoms with van der Waals surface area (Å²) < 4.78 is 62.9. The van der Waals surface area contributed by atoms with E-state index in [-0.39, 0.29) is 4.90 Å². The molecule has 126 valence electrons. The van der Waals surface area contributed by atoms with E-state index in [2.05, 4.69) is 4.99 Å². The van der Waals surface area contributed by atoms with Crippen LogP contribution in [0.2, 0.25) is 0 Å². The van der Waals surface area contributed by atoms with E-state index in [9.17, 15) is 26.4 Å². The normalized spacial score (nSPS) is 13.8. The van der Waals surface area contributed by atoms with Gasteiger partial charge in [-0.15, -0.1) is 0 Å². The van der Waals surface area contributed by atoms with Gasteiger partial charge in [0.25, 0.3) is 15.9 Å². The minimum absolute atomic E-state index is 0.310. The fraction of sp³-hybridized carbons (Fsp3) is 0.231. The highest BCUT2D eigenvalue weighted by atomic mass is 32.2. The maximum Gasteiger partial charge on any atom is 0.449 e. The Kier molecular flexibility index (Phi) is 5.54. The first-order valence-corrected chi connectivity index (χ1v) is 7.53. The number of hydrogen-bond donors (Lipinski definition) is 2. The van der Waals surface area contributed by atoms with Crippen molar-refractivity contribution in [3.63, 3.8) is 0 Å². The fourth-order valence-corrected chi connectivity index (χ4v) is 2.43. The number of carbonyl (C=O) groups excluding carboxylic acids is 1. The van der Waals surface area contributed by atoms with Crippen molar-refractivity contribution in [1.29, 1.82) is 0 Å². The number of halogens is 3. The number of nitrogens with one attached hydrogen (secondary N) is 1. The molecule has 0 bridgehead atoms. The molecular weight excluding hydrogens is 337 g/mol. The first kappa shape index (κ1) is 18.7. The van der Waals surface area contributed by atoms with Gasteiger partial charge in [0.15, 0.2) is 0 Å². The third kappa shape index (κ3) is 4.81. The molecule has 0 atom stereocenters. The molecule has 0 unspecified atom stereocenters. The highest BCUT2D eigenvalue weighted by Gasteiger charge is 2.38. The molecule has 1 rings (SSSR count). The summed E-state index contributed by atoms with van der Waals surface area (Å²) in [7, 11) is -3.33. The van der Waals surface area contributed by atoms with Crippen LogP contribution < -0.4 is 4.72 Å². The molecule has 0 aliphatic rings. The first-order chi connectivity index (χ1) is 10.5. The molecule has 0 aliphatic carbocycles. The Hall–Kier alpha value is -2.36. The van der Waals surface area contributed by atoms with E-state index in [0.717, 1.165) is 12.6 Å². The Bertz CT molecular complexity index is 750. The minimum atomic E-state index is -5.22. The van der Waals surface area contributed by atoms with Gasteiger partial charge < -0.3 is 5.11 Å². The Balaban J connectivity index is 3.20. The molecule has 6 nitrogen and oxygen atoms in total. The van der Waals surface area contributed by atoms with E-state index in [1.54, 1.807) is 6.92 Å². The molecule has 23 heavy (non-hydrogen) atoms. The van der Waals surface area contributed by atoms with Crippen LogP contribution in [-0.4, -0.2) is 38.9 Å². The standard InChI is InChI=1S/C13H13F3N2O4S/c1-8-3-5-9(6-4-8)23(21,22)18-12(20)10(7-17-2)11(19)13(14,15)16/h3-7,19H,1-2H3,(H,18,20)/b11-10+,17-7?. The van der Waals surface area contributed by atoms with Crippen LogP contribution in [0.3, 0.4) is 0 Å². The van der Waals surface area contributed by atoms with E-state index in [4.69, 9.17) is 5.11 Å². The Labute approximate surface area is 130 Å². The SMILES string of the molecule is CN=C/C(C(=O)NS(=O)(=O)c1ccc(C)cc1)=C(\O)C(F)(F)F. The monoisotopic (exact) mass is 350 g/mol. The van der Waals surface area contributed by atoms with E-state index in [1.807, 2.05) is 0 Å². The number of nitrogens with zero attached hydrogens (tertiary/aromatic N) is 1. The average Bonchev–Trinajstić information content (AvgIpc) is 2.42. The van der Waals surface area contributed by atoms with Gasteiger partial charge in [0.05, 0.1) is 4.90 Å². The van der Waals surface area contributed by atoms with Crippen molar-refractivity contribution in [3.8, 4) is 0 Å². The summed E-state index contributed by atoms with van der Waals surface area (Å²) in [5, 5.41) is 9.06. The van der Waals surface area contributed by atoms with E-state index < -0.39 is 33.4 Å². The van der Waals surface area contributed by atoms with Crippen molar-refractivity contribution in [3.05, 3.63) is 41.2 Å². The predicted octanol–water partition coefficient (Wildman–Crippen LogP) is 1.87. The second kappa shape index (κ2) is 6.82. The maximum absolute atomic E-state index is 12.5. The van der Waals surface area contributed by atoms with Gasteiger partial charge in [0.1, 0.15) is 5.57 Å². The third-order valence-electron chi connectivity index (χ3n) is 2.58. The molecule has 0 heterocycles. The van der Waals surface area contributed by atoms with Crippen molar-refractivity contribution in [2.75, 3.05) is 7.05 Å². The molecule has 0 aromatic heterocycles. The zero-order chi connectivity index (χ0) is 17.8. The molecule has 1 aromatic rings. The van der Waals surface area contributed by atoms with Crippen molar-refractivity contribution in [2.45, 2.75) is 18.0 Å². The largest absolute Gasteiger partial charge is 0.504 e. The predicted molar refractivity (Wildman–Crippen MR) is 76.6 cm³/mol. The topological polar surface area (TPSA) is 95.8 Å². The smallest absolute Gasteiger partial charge is 0.449 e. The van der Waals surface area contributed by atoms with Gasteiger partial charge in [-0.25, -0.2) is 13.1 Å². The van der Waals surface area contributed by atoms with Crippen molar-refractivity contribution >= 4 is 22.1 Å². The summed E-state index contributed by atoms with van der Waals surface area (Å²) in [6.45, 7) is 1.70. The number of aliphatic hydroxyl groups excluding tert-OH is 1. The van der Waals surface area contributed by atoms with Crippen LogP contribution in [0.25, 0.3) is 0 Å². The zero-order valence-corrected chi connectivity index (χ0v) is 12.9. The number of carbonyl (C=O) groups is 1. The van der Waals surface area contributed by atoms with Crippen LogP contribution in [0.15, 0.2) is 45.5 Å². The summed E-state index contributed by atoms with van der Waals surface area (Å²) in [6.07, 6.45) is -4.80. The number of allylic oxidation sites excluding steroid dienone is 1. The van der Waals surface area contributed by atoms with Gasteiger partial charge >= 0.3 is 6.18 Å². The van der Waals surface area contributed by atoms with Gasteiger partial charge in [0, 0.05) is 13.3 Å². The highest BCUT2D eigenvalue weighted by molar-refractivity contribution is 7.90. The molecule has 1 aromatic carbocycles. The second-order valence-corrected chi connectivity index (χ2v) is 6.08. The van der Waals surface area contributed by atoms with Crippen molar-refractivity contribution < 1.29 is 31.5 Å². The Morgan fingerprint density at radius 1 is 1.26 bits per heavy atom. The number of sulfonamides is 1. The number of alkyl halides is 3. The number of aliphatic hydroxyl groups is 1. The molecule has 2 N–H and O–H groups in total. The number of aryl methyl sites for hydroxylation is 1. The number of aliphatic imine (C=N–C) groups is 1. The number of benzene rings is 1. The number of amides is 1. The molecule has 0 saturated heterocycles. The molecule has 0 fully saturated rings. The Morgan fingerprint density at radius 3 is 2.22 bits per heavy atom. The van der Waals surface area contributed by atoms with Crippen molar-refractivity contribution in [1.82, 2.24) is 4.72 Å². The lowest BCUT2D eigenvalue weighted by atomic mass is 10.2. The highest BCUT2D eigenvalue weighted by Crippen LogP contribution is 2.25. The molecular formula is C13H13F3N2O4S. The Morgan fingerprint density at radius 2 is 1.78 bits per heavy atom. The maximum atomic E-state index is 12.5. The van der Waals surface area contributed by atoms with E-state index >= 15 is 0 Å². The van der Waals surface area contributed by atoms with E-state index in [1.165, 1.54) is 29.0 Å². The van der Waals surface area contributed by atoms with Crippen LogP contribution in [0, 0.1) is 6.92 Å². The third-order valence-corrected chi connectivity index (χ3v) is 3.93. The summed E-state index contributed by atoms with van der Waals surface area (Å²) >= 11 is 0. The lowest BCUT2D eigenvalue weighted by Gasteiger charge is -2.11. The minimum Gasteiger partial charge on any atom is -0.504 e. The molecule has 0 spiro atoms. The van der Waals surface area contributed by atoms with Gasteiger partial charge in [0.2, 0.25) is 5.76 Å². The van der Waals surface area contributed by atoms with Crippen LogP contribution in [0.1, 0.15) is 5.56 Å². The zero-order valence-electron chi connectivity index (χ0n) is 12.0. The van der Waals surface area contributed by atoms with Gasteiger partial charge in [-0.05, 0) is 19.1 Å². The summed E-state index contributed by atoms with van der Waals surface area (Å²) in [5.74, 6) is -3.88. The van der Waals surface area contributed by atoms with Crippen LogP contribution in [-0.2, 0) is 14.8 Å². The van der Waals surface area contributed by atoms with Crippen LogP contribution in [0.5, 0.6) is 0 Å². The first-order valence-electron chi connectivity index (χ1n) is 6.05. The van der Waals surface area contributed by atoms with Crippen LogP contribution in [0.4, 0.5) is 13.2 Å². The lowest BCUT2D eigenvalue weighted by Crippen LogP contribution is -2.34. The summed E-state index contributed by atoms with van der Waals surface area (Å²) in [6, 6.07) is 5.28. The second-order valence-electron chi connectivity index (χ2n) is 4.40. The van der Waals surface area contributed by atoms with Crippen LogP contribution >= 0.6 is 0 Å². The lowest BCUT2D eigenvalue weighted by molar-refractivity contribution is -0.126. The van der Waals surface area contributed by atoms with Gasteiger partial charge in [-0.3, -0.25) is 9.79 Å². The molecule has 0 radical (unpaired) electrons. The molecule has 10 heteroatoms. The van der Waals surface area contributed by atoms with Gasteiger partial charge in [-0.1, -0.05) is 17.7 Å². The average molecular weight is 350 g/mol. The fourth-order valence-electron chi connectivity index (χ4n) is 1.46. The number of rotatable bonds is 4. The number of hydrogen-bond acceptors (Lipinski definition) is 5. The van der Waals surface area contributed by atoms with Crippen molar-refractivity contribution in [2.24, 2.45) is 4.99 Å². The summed E-state index contributed by atoms with van der Waals surface area (Å²) in [5.41, 5.74) is -0.556. The molecule has 0 aliphatic heterocycles. The quantitative estimate of drug-likeness (QED) is 0.492. The summed E-state index contributed by atoms with van der Waals surface area (Å²) in [4.78, 5) is 14.7.